The average molecular weight is 417 g/mol. The minimum Gasteiger partial charge on any atom is -0.364 e. The second kappa shape index (κ2) is 7.85. The van der Waals surface area contributed by atoms with Crippen molar-refractivity contribution in [3.63, 3.8) is 0 Å². The molecule has 3 N–H and O–H groups in total. The molecule has 30 heavy (non-hydrogen) atoms. The van der Waals surface area contributed by atoms with Crippen molar-refractivity contribution in [1.29, 1.82) is 0 Å². The number of rotatable bonds is 7. The van der Waals surface area contributed by atoms with Crippen molar-refractivity contribution in [3.8, 4) is 0 Å². The summed E-state index contributed by atoms with van der Waals surface area (Å²) in [5, 5.41) is 9.19. The van der Waals surface area contributed by atoms with Crippen molar-refractivity contribution in [2.24, 2.45) is 5.92 Å². The number of carbonyl (C=O) groups excluding carboxylic acids is 2. The molecular weight excluding hydrogens is 396 g/mol. The van der Waals surface area contributed by atoms with Crippen LogP contribution in [0.15, 0.2) is 29.0 Å². The highest BCUT2D eigenvalue weighted by Crippen LogP contribution is 2.43. The molecule has 0 atom stereocenters. The lowest BCUT2D eigenvalue weighted by molar-refractivity contribution is -0.133. The van der Waals surface area contributed by atoms with E-state index in [-0.39, 0.29) is 43.5 Å². The normalized spacial score (nSPS) is 15.7. The molecule has 10 heteroatoms. The summed E-state index contributed by atoms with van der Waals surface area (Å²) < 4.78 is 30.5. The number of fused-ring (bicyclic) bond motifs is 1. The van der Waals surface area contributed by atoms with Crippen LogP contribution in [0.2, 0.25) is 0 Å². The zero-order valence-corrected chi connectivity index (χ0v) is 16.3. The smallest absolute Gasteiger partial charge is 0.256 e. The first-order valence-electron chi connectivity index (χ1n) is 9.60. The van der Waals surface area contributed by atoms with Gasteiger partial charge in [-0.1, -0.05) is 11.2 Å². The van der Waals surface area contributed by atoms with Crippen LogP contribution in [0.25, 0.3) is 11.0 Å². The molecule has 1 aromatic carbocycles. The molecule has 0 bridgehead atoms. The van der Waals surface area contributed by atoms with Crippen LogP contribution in [-0.2, 0) is 17.9 Å². The number of carbonyl (C=O) groups is 2. The highest BCUT2D eigenvalue weighted by atomic mass is 19.3. The fraction of sp³-hybridized carbons (Fsp3) is 0.400. The minimum absolute atomic E-state index is 0.122. The Morgan fingerprint density at radius 2 is 2.07 bits per heavy atom. The van der Waals surface area contributed by atoms with Crippen LogP contribution in [0.4, 0.5) is 8.78 Å². The summed E-state index contributed by atoms with van der Waals surface area (Å²) in [6.45, 7) is 2.19. The van der Waals surface area contributed by atoms with Gasteiger partial charge in [-0.25, -0.2) is 13.8 Å². The van der Waals surface area contributed by atoms with Crippen LogP contribution in [0.5, 0.6) is 0 Å². The number of hydrogen-bond acceptors (Lipinski definition) is 5. The molecule has 1 aliphatic carbocycles. The lowest BCUT2D eigenvalue weighted by Gasteiger charge is -2.34. The molecule has 0 saturated heterocycles. The van der Waals surface area contributed by atoms with Gasteiger partial charge in [-0.05, 0) is 30.5 Å². The Hall–Kier alpha value is -3.30. The first-order chi connectivity index (χ1) is 14.3. The van der Waals surface area contributed by atoms with Crippen LogP contribution in [0.3, 0.4) is 0 Å². The highest BCUT2D eigenvalue weighted by Gasteiger charge is 2.45. The molecular formula is C20H21F2N5O3. The largest absolute Gasteiger partial charge is 0.364 e. The van der Waals surface area contributed by atoms with Crippen molar-refractivity contribution >= 4 is 22.8 Å². The Kier molecular flexibility index (Phi) is 5.23. The summed E-state index contributed by atoms with van der Waals surface area (Å²) in [7, 11) is 0. The second-order valence-corrected chi connectivity index (χ2v) is 7.64. The van der Waals surface area contributed by atoms with E-state index in [1.807, 2.05) is 18.2 Å². The molecule has 0 radical (unpaired) electrons. The van der Waals surface area contributed by atoms with E-state index in [4.69, 9.17) is 4.52 Å². The molecule has 0 spiro atoms. The van der Waals surface area contributed by atoms with Gasteiger partial charge in [0.05, 0.1) is 23.3 Å². The minimum atomic E-state index is -2.61. The van der Waals surface area contributed by atoms with E-state index >= 15 is 0 Å². The maximum absolute atomic E-state index is 12.9. The number of hydrogen-bond donors (Lipinski definition) is 3. The van der Waals surface area contributed by atoms with Crippen LogP contribution < -0.4 is 10.6 Å². The predicted octanol–water partition coefficient (Wildman–Crippen LogP) is 2.84. The Morgan fingerprint density at radius 3 is 2.77 bits per heavy atom. The van der Waals surface area contributed by atoms with Crippen molar-refractivity contribution in [2.45, 2.75) is 45.2 Å². The van der Waals surface area contributed by atoms with Gasteiger partial charge in [0.15, 0.2) is 0 Å². The number of imidazole rings is 1. The number of aromatic amines is 1. The van der Waals surface area contributed by atoms with E-state index in [1.165, 1.54) is 6.26 Å². The van der Waals surface area contributed by atoms with E-state index in [9.17, 15) is 18.4 Å². The van der Waals surface area contributed by atoms with Gasteiger partial charge < -0.3 is 20.1 Å². The number of benzene rings is 1. The summed E-state index contributed by atoms with van der Waals surface area (Å²) in [5.74, 6) is -2.80. The quantitative estimate of drug-likeness (QED) is 0.547. The number of alkyl halides is 2. The topological polar surface area (TPSA) is 113 Å². The van der Waals surface area contributed by atoms with Crippen molar-refractivity contribution in [3.05, 3.63) is 47.1 Å². The molecule has 4 rings (SSSR count). The summed E-state index contributed by atoms with van der Waals surface area (Å²) in [4.78, 5) is 31.6. The summed E-state index contributed by atoms with van der Waals surface area (Å²) in [6, 6.07) is 5.51. The summed E-state index contributed by atoms with van der Waals surface area (Å²) in [5.41, 5.74) is 3.23. The van der Waals surface area contributed by atoms with E-state index in [2.05, 4.69) is 25.8 Å². The molecule has 2 amide bonds. The van der Waals surface area contributed by atoms with Gasteiger partial charge in [0.1, 0.15) is 17.7 Å². The molecule has 0 unspecified atom stereocenters. The lowest BCUT2D eigenvalue weighted by Crippen LogP contribution is -2.38. The molecule has 3 aromatic rings. The Morgan fingerprint density at radius 1 is 1.27 bits per heavy atom. The summed E-state index contributed by atoms with van der Waals surface area (Å²) >= 11 is 0. The van der Waals surface area contributed by atoms with Crippen molar-refractivity contribution in [1.82, 2.24) is 25.8 Å². The molecule has 0 aliphatic heterocycles. The van der Waals surface area contributed by atoms with E-state index in [1.54, 1.807) is 6.92 Å². The zero-order chi connectivity index (χ0) is 21.3. The van der Waals surface area contributed by atoms with Gasteiger partial charge in [0.2, 0.25) is 11.8 Å². The number of H-pyrrole nitrogens is 1. The Labute approximate surface area is 170 Å². The van der Waals surface area contributed by atoms with E-state index < -0.39 is 5.92 Å². The zero-order valence-electron chi connectivity index (χ0n) is 16.3. The van der Waals surface area contributed by atoms with Gasteiger partial charge in [-0.2, -0.15) is 0 Å². The predicted molar refractivity (Wildman–Crippen MR) is 103 cm³/mol. The molecule has 158 valence electrons. The van der Waals surface area contributed by atoms with Crippen molar-refractivity contribution < 1.29 is 22.9 Å². The third kappa shape index (κ3) is 4.47. The third-order valence-electron chi connectivity index (χ3n) is 5.14. The average Bonchev–Trinajstić information content (AvgIpc) is 3.28. The van der Waals surface area contributed by atoms with Gasteiger partial charge in [0.25, 0.3) is 5.91 Å². The third-order valence-corrected chi connectivity index (χ3v) is 5.14. The van der Waals surface area contributed by atoms with Gasteiger partial charge >= 0.3 is 0 Å². The van der Waals surface area contributed by atoms with Gasteiger partial charge in [-0.15, -0.1) is 0 Å². The first-order valence-corrected chi connectivity index (χ1v) is 9.60. The van der Waals surface area contributed by atoms with Crippen LogP contribution in [0.1, 0.15) is 46.7 Å². The molecule has 1 saturated carbocycles. The second-order valence-electron chi connectivity index (χ2n) is 7.64. The Bertz CT molecular complexity index is 1080. The number of halogens is 2. The number of aryl methyl sites for hydroxylation is 1. The van der Waals surface area contributed by atoms with Gasteiger partial charge in [-0.3, -0.25) is 9.59 Å². The Balaban J connectivity index is 1.30. The summed E-state index contributed by atoms with van der Waals surface area (Å²) in [6.07, 6.45) is 0.991. The number of aromatic nitrogens is 3. The maximum Gasteiger partial charge on any atom is 0.256 e. The number of nitrogens with zero attached hydrogens (tertiary/aromatic N) is 2. The standard InChI is InChI=1S/C20H21F2N5O3/c1-11-14(10-30-27-11)19(29)24-9-17-25-15-3-2-12(4-16(15)26-17)8-23-18(28)5-13-6-20(21,22)7-13/h2-4,10,13H,5-9H2,1H3,(H,23,28)(H,24,29)(H,25,26). The molecule has 1 fully saturated rings. The lowest BCUT2D eigenvalue weighted by atomic mass is 9.79. The number of nitrogens with one attached hydrogen (secondary N) is 3. The van der Waals surface area contributed by atoms with Crippen LogP contribution in [-0.4, -0.2) is 32.9 Å². The fourth-order valence-corrected chi connectivity index (χ4v) is 3.54. The first kappa shape index (κ1) is 20.0. The highest BCUT2D eigenvalue weighted by molar-refractivity contribution is 5.94. The number of amides is 2. The van der Waals surface area contributed by atoms with Gasteiger partial charge in [0, 0.05) is 25.8 Å². The van der Waals surface area contributed by atoms with E-state index in [0.29, 0.717) is 23.6 Å². The SMILES string of the molecule is Cc1nocc1C(=O)NCc1nc2ccc(CNC(=O)CC3CC(F)(F)C3)cc2[nH]1. The van der Waals surface area contributed by atoms with Crippen LogP contribution in [0, 0.1) is 12.8 Å². The maximum atomic E-state index is 12.9. The van der Waals surface area contributed by atoms with E-state index in [0.717, 1.165) is 16.6 Å². The van der Waals surface area contributed by atoms with Crippen LogP contribution >= 0.6 is 0 Å². The molecule has 2 aromatic heterocycles. The fourth-order valence-electron chi connectivity index (χ4n) is 3.54. The molecule has 1 aliphatic rings. The van der Waals surface area contributed by atoms with Crippen molar-refractivity contribution in [2.75, 3.05) is 0 Å². The molecule has 2 heterocycles. The monoisotopic (exact) mass is 417 g/mol. The molecule has 8 nitrogen and oxygen atoms in total.